The summed E-state index contributed by atoms with van der Waals surface area (Å²) in [6.07, 6.45) is 1.24. The van der Waals surface area contributed by atoms with Gasteiger partial charge in [-0.2, -0.15) is 0 Å². The molecule has 2 rings (SSSR count). The predicted octanol–water partition coefficient (Wildman–Crippen LogP) is 3.78. The lowest BCUT2D eigenvalue weighted by atomic mass is 9.83. The number of carbonyl (C=O) groups is 2. The zero-order chi connectivity index (χ0) is 20.0. The monoisotopic (exact) mass is 368 g/mol. The molecule has 4 nitrogen and oxygen atoms in total. The van der Waals surface area contributed by atoms with Gasteiger partial charge in [0.05, 0.1) is 11.5 Å². The van der Waals surface area contributed by atoms with Crippen LogP contribution in [0.5, 0.6) is 0 Å². The Morgan fingerprint density at radius 1 is 1.11 bits per heavy atom. The molecule has 1 unspecified atom stereocenters. The van der Waals surface area contributed by atoms with E-state index in [0.29, 0.717) is 6.54 Å². The molecule has 2 aromatic carbocycles. The van der Waals surface area contributed by atoms with Crippen molar-refractivity contribution in [2.45, 2.75) is 38.8 Å². The van der Waals surface area contributed by atoms with Crippen molar-refractivity contribution in [1.29, 1.82) is 0 Å². The van der Waals surface area contributed by atoms with Crippen LogP contribution < -0.4 is 10.6 Å². The molecule has 2 aromatic rings. The van der Waals surface area contributed by atoms with Crippen molar-refractivity contribution in [1.82, 2.24) is 10.6 Å². The minimum Gasteiger partial charge on any atom is -0.351 e. The fourth-order valence-corrected chi connectivity index (χ4v) is 2.68. The number of benzene rings is 2. The number of amides is 2. The van der Waals surface area contributed by atoms with Gasteiger partial charge >= 0.3 is 0 Å². The van der Waals surface area contributed by atoms with Crippen molar-refractivity contribution < 1.29 is 14.0 Å². The highest BCUT2D eigenvalue weighted by Crippen LogP contribution is 2.24. The molecule has 2 N–H and O–H groups in total. The molecule has 0 fully saturated rings. The van der Waals surface area contributed by atoms with E-state index < -0.39 is 5.41 Å². The fourth-order valence-electron chi connectivity index (χ4n) is 2.68. The van der Waals surface area contributed by atoms with E-state index in [1.807, 2.05) is 45.0 Å². The Balaban J connectivity index is 1.97. The normalized spacial score (nSPS) is 12.1. The third kappa shape index (κ3) is 5.26. The topological polar surface area (TPSA) is 58.2 Å². The highest BCUT2D eigenvalue weighted by Gasteiger charge is 2.29. The molecule has 142 valence electrons. The summed E-state index contributed by atoms with van der Waals surface area (Å²) < 4.78 is 13.1. The standard InChI is InChI=1S/C22H25FN2O2/c1-5-20(26)25-15(2)17-8-6-16(7-9-17)14-24-21(27)22(3,4)18-10-12-19(23)13-11-18/h5-13,15H,1,14H2,2-4H3,(H,24,27)(H,25,26). The van der Waals surface area contributed by atoms with Crippen molar-refractivity contribution in [2.75, 3.05) is 0 Å². The number of carbonyl (C=O) groups excluding carboxylic acids is 2. The Morgan fingerprint density at radius 3 is 2.26 bits per heavy atom. The predicted molar refractivity (Wildman–Crippen MR) is 104 cm³/mol. The molecule has 0 bridgehead atoms. The van der Waals surface area contributed by atoms with Gasteiger partial charge in [-0.15, -0.1) is 0 Å². The minimum absolute atomic E-state index is 0.128. The van der Waals surface area contributed by atoms with Crippen LogP contribution in [-0.4, -0.2) is 11.8 Å². The van der Waals surface area contributed by atoms with E-state index in [0.717, 1.165) is 16.7 Å². The molecular formula is C22H25FN2O2. The summed E-state index contributed by atoms with van der Waals surface area (Å²) in [6.45, 7) is 9.33. The lowest BCUT2D eigenvalue weighted by molar-refractivity contribution is -0.125. The SMILES string of the molecule is C=CC(=O)NC(C)c1ccc(CNC(=O)C(C)(C)c2ccc(F)cc2)cc1. The first kappa shape index (κ1) is 20.4. The maximum atomic E-state index is 13.1. The van der Waals surface area contributed by atoms with Crippen molar-refractivity contribution >= 4 is 11.8 Å². The summed E-state index contributed by atoms with van der Waals surface area (Å²) >= 11 is 0. The van der Waals surface area contributed by atoms with E-state index in [4.69, 9.17) is 0 Å². The molecule has 0 saturated heterocycles. The number of halogens is 1. The van der Waals surface area contributed by atoms with E-state index in [2.05, 4.69) is 17.2 Å². The van der Waals surface area contributed by atoms with Crippen molar-refractivity contribution in [2.24, 2.45) is 0 Å². The Labute approximate surface area is 159 Å². The molecule has 0 aromatic heterocycles. The summed E-state index contributed by atoms with van der Waals surface area (Å²) in [7, 11) is 0. The first-order valence-electron chi connectivity index (χ1n) is 8.80. The van der Waals surface area contributed by atoms with Crippen molar-refractivity contribution in [3.8, 4) is 0 Å². The zero-order valence-electron chi connectivity index (χ0n) is 15.9. The van der Waals surface area contributed by atoms with Crippen LogP contribution in [0.1, 0.15) is 43.5 Å². The summed E-state index contributed by atoms with van der Waals surface area (Å²) in [5.41, 5.74) is 1.90. The highest BCUT2D eigenvalue weighted by atomic mass is 19.1. The van der Waals surface area contributed by atoms with Crippen LogP contribution in [0.25, 0.3) is 0 Å². The van der Waals surface area contributed by atoms with E-state index in [1.54, 1.807) is 12.1 Å². The number of hydrogen-bond acceptors (Lipinski definition) is 2. The summed E-state index contributed by atoms with van der Waals surface area (Å²) in [5, 5.41) is 5.73. The minimum atomic E-state index is -0.767. The Kier molecular flexibility index (Phi) is 6.50. The second-order valence-corrected chi connectivity index (χ2v) is 6.99. The molecule has 0 saturated carbocycles. The molecule has 0 radical (unpaired) electrons. The van der Waals surface area contributed by atoms with Gasteiger partial charge in [0.15, 0.2) is 0 Å². The van der Waals surface area contributed by atoms with Crippen LogP contribution in [0, 0.1) is 5.82 Å². The van der Waals surface area contributed by atoms with Gasteiger partial charge in [-0.05, 0) is 55.7 Å². The first-order valence-corrected chi connectivity index (χ1v) is 8.80. The Hall–Kier alpha value is -2.95. The lowest BCUT2D eigenvalue weighted by Gasteiger charge is -2.24. The second kappa shape index (κ2) is 8.62. The molecular weight excluding hydrogens is 343 g/mol. The second-order valence-electron chi connectivity index (χ2n) is 6.99. The van der Waals surface area contributed by atoms with E-state index in [9.17, 15) is 14.0 Å². The molecule has 0 spiro atoms. The molecule has 0 heterocycles. The van der Waals surface area contributed by atoms with Gasteiger partial charge in [0, 0.05) is 6.54 Å². The fraction of sp³-hybridized carbons (Fsp3) is 0.273. The van der Waals surface area contributed by atoms with Crippen LogP contribution in [0.3, 0.4) is 0 Å². The van der Waals surface area contributed by atoms with Crippen molar-refractivity contribution in [3.05, 3.63) is 83.7 Å². The Morgan fingerprint density at radius 2 is 1.70 bits per heavy atom. The van der Waals surface area contributed by atoms with Gasteiger partial charge in [0.25, 0.3) is 0 Å². The van der Waals surface area contributed by atoms with Crippen LogP contribution in [0.4, 0.5) is 4.39 Å². The molecule has 0 aliphatic heterocycles. The van der Waals surface area contributed by atoms with Crippen molar-refractivity contribution in [3.63, 3.8) is 0 Å². The average Bonchev–Trinajstić information content (AvgIpc) is 2.66. The Bertz CT molecular complexity index is 811. The van der Waals surface area contributed by atoms with Gasteiger partial charge in [-0.1, -0.05) is 43.0 Å². The van der Waals surface area contributed by atoms with Crippen LogP contribution in [0.15, 0.2) is 61.2 Å². The number of rotatable bonds is 7. The third-order valence-corrected chi connectivity index (χ3v) is 4.61. The zero-order valence-corrected chi connectivity index (χ0v) is 15.9. The maximum Gasteiger partial charge on any atom is 0.243 e. The molecule has 2 amide bonds. The maximum absolute atomic E-state index is 13.1. The summed E-state index contributed by atoms with van der Waals surface area (Å²) in [6, 6.07) is 13.5. The average molecular weight is 368 g/mol. The largest absolute Gasteiger partial charge is 0.351 e. The summed E-state index contributed by atoms with van der Waals surface area (Å²) in [5.74, 6) is -0.680. The number of nitrogens with one attached hydrogen (secondary N) is 2. The first-order chi connectivity index (χ1) is 12.7. The third-order valence-electron chi connectivity index (χ3n) is 4.61. The van der Waals surface area contributed by atoms with Crippen LogP contribution >= 0.6 is 0 Å². The van der Waals surface area contributed by atoms with E-state index >= 15 is 0 Å². The summed E-state index contributed by atoms with van der Waals surface area (Å²) in [4.78, 5) is 24.0. The molecule has 5 heteroatoms. The van der Waals surface area contributed by atoms with Gasteiger partial charge in [-0.25, -0.2) is 4.39 Å². The molecule has 0 aliphatic rings. The highest BCUT2D eigenvalue weighted by molar-refractivity contribution is 5.87. The molecule has 27 heavy (non-hydrogen) atoms. The van der Waals surface area contributed by atoms with E-state index in [1.165, 1.54) is 18.2 Å². The van der Waals surface area contributed by atoms with Gasteiger partial charge in [-0.3, -0.25) is 9.59 Å². The number of hydrogen-bond donors (Lipinski definition) is 2. The molecule has 1 atom stereocenters. The van der Waals surface area contributed by atoms with Crippen LogP contribution in [0.2, 0.25) is 0 Å². The van der Waals surface area contributed by atoms with Gasteiger partial charge in [0.2, 0.25) is 11.8 Å². The lowest BCUT2D eigenvalue weighted by Crippen LogP contribution is -2.39. The van der Waals surface area contributed by atoms with Gasteiger partial charge in [0.1, 0.15) is 5.82 Å². The van der Waals surface area contributed by atoms with Crippen LogP contribution in [-0.2, 0) is 21.5 Å². The van der Waals surface area contributed by atoms with Gasteiger partial charge < -0.3 is 10.6 Å². The molecule has 0 aliphatic carbocycles. The van der Waals surface area contributed by atoms with E-state index in [-0.39, 0.29) is 23.7 Å². The quantitative estimate of drug-likeness (QED) is 0.731. The smallest absolute Gasteiger partial charge is 0.243 e.